The van der Waals surface area contributed by atoms with E-state index < -0.39 is 17.2 Å². The van der Waals surface area contributed by atoms with Gasteiger partial charge in [-0.05, 0) is 31.5 Å². The molecule has 0 bridgehead atoms. The van der Waals surface area contributed by atoms with E-state index in [-0.39, 0.29) is 5.82 Å². The van der Waals surface area contributed by atoms with Gasteiger partial charge < -0.3 is 5.32 Å². The molecule has 0 aliphatic rings. The zero-order valence-electron chi connectivity index (χ0n) is 14.7. The van der Waals surface area contributed by atoms with Gasteiger partial charge in [-0.15, -0.1) is 11.3 Å². The Bertz CT molecular complexity index is 975. The number of carbonyl (C=O) groups excluding carboxylic acids is 2. The minimum absolute atomic E-state index is 0.306. The number of fused-ring (bicyclic) bond motifs is 1. The SMILES string of the molecule is CCNC(=O)NC(=O)C(C)Sc1ncnc2scc(-c3ccc(F)cc3)c12. The van der Waals surface area contributed by atoms with Crippen LogP contribution in [0.5, 0.6) is 0 Å². The maximum Gasteiger partial charge on any atom is 0.321 e. The van der Waals surface area contributed by atoms with Crippen molar-refractivity contribution in [2.45, 2.75) is 24.1 Å². The van der Waals surface area contributed by atoms with Crippen LogP contribution >= 0.6 is 23.1 Å². The van der Waals surface area contributed by atoms with Crippen molar-refractivity contribution in [3.05, 3.63) is 41.8 Å². The van der Waals surface area contributed by atoms with Gasteiger partial charge in [-0.1, -0.05) is 23.9 Å². The molecular weight excluding hydrogens is 387 g/mol. The molecule has 6 nitrogen and oxygen atoms in total. The second kappa shape index (κ2) is 8.45. The highest BCUT2D eigenvalue weighted by atomic mass is 32.2. The van der Waals surface area contributed by atoms with E-state index in [1.807, 2.05) is 5.38 Å². The molecule has 140 valence electrons. The lowest BCUT2D eigenvalue weighted by Gasteiger charge is -2.12. The molecule has 9 heteroatoms. The van der Waals surface area contributed by atoms with E-state index in [9.17, 15) is 14.0 Å². The minimum atomic E-state index is -0.535. The number of hydrogen-bond donors (Lipinski definition) is 2. The predicted octanol–water partition coefficient (Wildman–Crippen LogP) is 3.82. The van der Waals surface area contributed by atoms with Crippen LogP contribution in [0.1, 0.15) is 13.8 Å². The quantitative estimate of drug-likeness (QED) is 0.499. The van der Waals surface area contributed by atoms with Crippen LogP contribution in [0.3, 0.4) is 0 Å². The number of thioether (sulfide) groups is 1. The van der Waals surface area contributed by atoms with E-state index in [1.165, 1.54) is 41.6 Å². The summed E-state index contributed by atoms with van der Waals surface area (Å²) in [6.45, 7) is 3.91. The molecule has 1 unspecified atom stereocenters. The average Bonchev–Trinajstić information content (AvgIpc) is 3.07. The molecule has 2 N–H and O–H groups in total. The van der Waals surface area contributed by atoms with Crippen LogP contribution in [0.25, 0.3) is 21.3 Å². The Morgan fingerprint density at radius 3 is 2.70 bits per heavy atom. The Morgan fingerprint density at radius 2 is 2.00 bits per heavy atom. The molecule has 2 heterocycles. The number of benzene rings is 1. The van der Waals surface area contributed by atoms with Gasteiger partial charge in [0, 0.05) is 17.5 Å². The smallest absolute Gasteiger partial charge is 0.321 e. The first kappa shape index (κ1) is 19.2. The summed E-state index contributed by atoms with van der Waals surface area (Å²) < 4.78 is 13.2. The largest absolute Gasteiger partial charge is 0.338 e. The molecule has 3 rings (SSSR count). The summed E-state index contributed by atoms with van der Waals surface area (Å²) in [5.74, 6) is -0.712. The van der Waals surface area contributed by atoms with Crippen molar-refractivity contribution in [1.82, 2.24) is 20.6 Å². The summed E-state index contributed by atoms with van der Waals surface area (Å²) in [6, 6.07) is 5.67. The highest BCUT2D eigenvalue weighted by Gasteiger charge is 2.21. The van der Waals surface area contributed by atoms with Gasteiger partial charge in [-0.25, -0.2) is 19.2 Å². The van der Waals surface area contributed by atoms with Gasteiger partial charge in [-0.3, -0.25) is 10.1 Å². The van der Waals surface area contributed by atoms with Crippen molar-refractivity contribution in [1.29, 1.82) is 0 Å². The molecule has 0 aliphatic heterocycles. The van der Waals surface area contributed by atoms with Crippen LogP contribution in [0, 0.1) is 5.82 Å². The summed E-state index contributed by atoms with van der Waals surface area (Å²) in [5, 5.41) is 7.68. The summed E-state index contributed by atoms with van der Waals surface area (Å²) in [7, 11) is 0. The van der Waals surface area contributed by atoms with Gasteiger partial charge in [-0.2, -0.15) is 0 Å². The normalized spacial score (nSPS) is 12.0. The molecule has 3 aromatic rings. The zero-order chi connectivity index (χ0) is 19.4. The molecular formula is C18H17FN4O2S2. The molecule has 0 radical (unpaired) electrons. The van der Waals surface area contributed by atoms with Crippen molar-refractivity contribution >= 4 is 45.3 Å². The number of halogens is 1. The number of amides is 3. The summed E-state index contributed by atoms with van der Waals surface area (Å²) in [5.41, 5.74) is 1.73. The second-order valence-electron chi connectivity index (χ2n) is 5.62. The third-order valence-corrected chi connectivity index (χ3v) is 5.71. The molecule has 0 fully saturated rings. The summed E-state index contributed by atoms with van der Waals surface area (Å²) in [4.78, 5) is 33.2. The number of carbonyl (C=O) groups is 2. The molecule has 1 aromatic carbocycles. The van der Waals surface area contributed by atoms with E-state index in [2.05, 4.69) is 20.6 Å². The van der Waals surface area contributed by atoms with Gasteiger partial charge in [0.25, 0.3) is 0 Å². The zero-order valence-corrected chi connectivity index (χ0v) is 16.3. The van der Waals surface area contributed by atoms with Crippen LogP contribution in [-0.4, -0.2) is 33.7 Å². The number of imide groups is 1. The van der Waals surface area contributed by atoms with E-state index >= 15 is 0 Å². The Kier molecular flexibility index (Phi) is 6.02. The molecule has 2 aromatic heterocycles. The van der Waals surface area contributed by atoms with E-state index in [0.717, 1.165) is 21.3 Å². The third-order valence-electron chi connectivity index (χ3n) is 3.72. The van der Waals surface area contributed by atoms with Crippen LogP contribution in [0.4, 0.5) is 9.18 Å². The molecule has 0 saturated carbocycles. The lowest BCUT2D eigenvalue weighted by Crippen LogP contribution is -2.42. The number of aromatic nitrogens is 2. The first-order chi connectivity index (χ1) is 13.0. The average molecular weight is 404 g/mol. The van der Waals surface area contributed by atoms with Crippen molar-refractivity contribution < 1.29 is 14.0 Å². The highest BCUT2D eigenvalue weighted by molar-refractivity contribution is 8.00. The maximum atomic E-state index is 13.2. The third kappa shape index (κ3) is 4.42. The van der Waals surface area contributed by atoms with Gasteiger partial charge in [0.2, 0.25) is 5.91 Å². The minimum Gasteiger partial charge on any atom is -0.338 e. The van der Waals surface area contributed by atoms with Crippen LogP contribution in [0.2, 0.25) is 0 Å². The number of hydrogen-bond acceptors (Lipinski definition) is 6. The topological polar surface area (TPSA) is 84.0 Å². The number of urea groups is 1. The van der Waals surface area contributed by atoms with Crippen molar-refractivity contribution in [2.24, 2.45) is 0 Å². The van der Waals surface area contributed by atoms with Crippen LogP contribution in [-0.2, 0) is 4.79 Å². The van der Waals surface area contributed by atoms with Crippen molar-refractivity contribution in [2.75, 3.05) is 6.54 Å². The van der Waals surface area contributed by atoms with E-state index in [4.69, 9.17) is 0 Å². The lowest BCUT2D eigenvalue weighted by atomic mass is 10.1. The Morgan fingerprint density at radius 1 is 1.26 bits per heavy atom. The first-order valence-corrected chi connectivity index (χ1v) is 9.99. The number of thiophene rings is 1. The Hall–Kier alpha value is -2.52. The standard InChI is InChI=1S/C18H17FN4O2S2/c1-3-20-18(25)23-15(24)10(2)27-17-14-13(8-26-16(14)21-9-22-17)11-4-6-12(19)7-5-11/h4-10H,3H2,1-2H3,(H2,20,23,24,25). The highest BCUT2D eigenvalue weighted by Crippen LogP contribution is 2.38. The van der Waals surface area contributed by atoms with Gasteiger partial charge >= 0.3 is 6.03 Å². The predicted molar refractivity (Wildman–Crippen MR) is 105 cm³/mol. The Balaban J connectivity index is 1.88. The number of rotatable bonds is 5. The molecule has 1 atom stereocenters. The first-order valence-electron chi connectivity index (χ1n) is 8.23. The molecule has 0 saturated heterocycles. The molecule has 0 aliphatic carbocycles. The van der Waals surface area contributed by atoms with Crippen molar-refractivity contribution in [3.8, 4) is 11.1 Å². The lowest BCUT2D eigenvalue weighted by molar-refractivity contribution is -0.119. The van der Waals surface area contributed by atoms with Gasteiger partial charge in [0.15, 0.2) is 0 Å². The fourth-order valence-electron chi connectivity index (χ4n) is 2.42. The number of nitrogens with one attached hydrogen (secondary N) is 2. The fourth-order valence-corrected chi connectivity index (χ4v) is 4.33. The van der Waals surface area contributed by atoms with Gasteiger partial charge in [0.1, 0.15) is 22.0 Å². The van der Waals surface area contributed by atoms with Gasteiger partial charge in [0.05, 0.1) is 10.6 Å². The maximum absolute atomic E-state index is 13.2. The monoisotopic (exact) mass is 404 g/mol. The summed E-state index contributed by atoms with van der Waals surface area (Å²) >= 11 is 2.70. The Labute approximate surface area is 163 Å². The van der Waals surface area contributed by atoms with Crippen molar-refractivity contribution in [3.63, 3.8) is 0 Å². The number of nitrogens with zero attached hydrogens (tertiary/aromatic N) is 2. The van der Waals surface area contributed by atoms with Crippen LogP contribution in [0.15, 0.2) is 41.0 Å². The molecule has 27 heavy (non-hydrogen) atoms. The second-order valence-corrected chi connectivity index (χ2v) is 7.81. The van der Waals surface area contributed by atoms with E-state index in [1.54, 1.807) is 26.0 Å². The molecule has 0 spiro atoms. The van der Waals surface area contributed by atoms with Crippen LogP contribution < -0.4 is 10.6 Å². The molecule has 3 amide bonds. The van der Waals surface area contributed by atoms with E-state index in [0.29, 0.717) is 11.6 Å². The summed E-state index contributed by atoms with van der Waals surface area (Å²) in [6.07, 6.45) is 1.45. The fraction of sp³-hybridized carbons (Fsp3) is 0.222.